The van der Waals surface area contributed by atoms with Crippen LogP contribution in [0.2, 0.25) is 0 Å². The van der Waals surface area contributed by atoms with Gasteiger partial charge < -0.3 is 14.7 Å². The van der Waals surface area contributed by atoms with Gasteiger partial charge in [-0.25, -0.2) is 4.79 Å². The second-order valence-corrected chi connectivity index (χ2v) is 10.2. The molecule has 2 fully saturated rings. The van der Waals surface area contributed by atoms with Gasteiger partial charge in [-0.15, -0.1) is 0 Å². The second kappa shape index (κ2) is 9.01. The van der Waals surface area contributed by atoms with Gasteiger partial charge in [0.05, 0.1) is 5.60 Å². The minimum atomic E-state index is -0.767. The summed E-state index contributed by atoms with van der Waals surface area (Å²) in [6, 6.07) is 27.0. The Kier molecular flexibility index (Phi) is 5.69. The topological polar surface area (TPSA) is 49.8 Å². The van der Waals surface area contributed by atoms with E-state index in [1.54, 1.807) is 0 Å². The van der Waals surface area contributed by atoms with Crippen LogP contribution in [-0.2, 0) is 4.74 Å². The zero-order valence-electron chi connectivity index (χ0n) is 19.8. The smallest absolute Gasteiger partial charge is 0.410 e. The van der Waals surface area contributed by atoms with Gasteiger partial charge in [-0.2, -0.15) is 0 Å². The maximum atomic E-state index is 13.3. The van der Waals surface area contributed by atoms with E-state index in [1.807, 2.05) is 23.1 Å². The first-order valence-corrected chi connectivity index (χ1v) is 12.7. The molecule has 178 valence electrons. The molecule has 4 nitrogen and oxygen atoms in total. The number of ether oxygens (including phenoxy) is 1. The Morgan fingerprint density at radius 3 is 2.09 bits per heavy atom. The average Bonchev–Trinajstić information content (AvgIpc) is 3.35. The molecule has 35 heavy (non-hydrogen) atoms. The Morgan fingerprint density at radius 1 is 0.886 bits per heavy atom. The number of benzene rings is 3. The van der Waals surface area contributed by atoms with Gasteiger partial charge in [-0.05, 0) is 59.9 Å². The first-order chi connectivity index (χ1) is 17.1. The molecule has 2 atom stereocenters. The summed E-state index contributed by atoms with van der Waals surface area (Å²) in [6.07, 6.45) is 7.57. The van der Waals surface area contributed by atoms with Crippen molar-refractivity contribution in [3.8, 4) is 11.1 Å². The van der Waals surface area contributed by atoms with Gasteiger partial charge in [0, 0.05) is 18.0 Å². The standard InChI is InChI=1S/C31H31NO3/c33-30(35-21-29-27-14-6-4-12-25(27)26-13-5-7-15-28(26)29)32-23-16-17-24(32)20-31(34,19-23)18-8-11-22-9-2-1-3-10-22/h1-15,23-24,29,34H,16-21H2/b11-8+. The molecule has 3 aliphatic rings. The van der Waals surface area contributed by atoms with Crippen LogP contribution in [0.1, 0.15) is 54.7 Å². The van der Waals surface area contributed by atoms with Crippen LogP contribution in [0.4, 0.5) is 4.79 Å². The number of nitrogens with zero attached hydrogens (tertiary/aromatic N) is 1. The van der Waals surface area contributed by atoms with Crippen LogP contribution in [0.3, 0.4) is 0 Å². The number of amides is 1. The minimum absolute atomic E-state index is 0.0412. The Hall–Kier alpha value is -3.37. The number of aliphatic hydroxyl groups is 1. The SMILES string of the molecule is O=C(OCC1c2ccccc2-c2ccccc21)N1C2CCC1CC(O)(C/C=C/c1ccccc1)C2. The molecule has 3 aromatic rings. The van der Waals surface area contributed by atoms with E-state index in [0.29, 0.717) is 25.9 Å². The van der Waals surface area contributed by atoms with Gasteiger partial charge >= 0.3 is 6.09 Å². The molecule has 4 heteroatoms. The molecule has 2 unspecified atom stereocenters. The molecule has 2 bridgehead atoms. The first kappa shape index (κ1) is 22.1. The summed E-state index contributed by atoms with van der Waals surface area (Å²) >= 11 is 0. The zero-order valence-corrected chi connectivity index (χ0v) is 19.8. The molecule has 1 amide bonds. The number of hydrogen-bond donors (Lipinski definition) is 1. The van der Waals surface area contributed by atoms with E-state index in [1.165, 1.54) is 22.3 Å². The highest BCUT2D eigenvalue weighted by molar-refractivity contribution is 5.79. The van der Waals surface area contributed by atoms with Crippen LogP contribution in [0, 0.1) is 0 Å². The maximum Gasteiger partial charge on any atom is 0.410 e. The van der Waals surface area contributed by atoms with E-state index < -0.39 is 5.60 Å². The molecule has 2 aliphatic heterocycles. The fourth-order valence-electron chi connectivity index (χ4n) is 6.43. The Bertz CT molecular complexity index is 1190. The molecular formula is C31H31NO3. The van der Waals surface area contributed by atoms with Crippen molar-refractivity contribution in [1.82, 2.24) is 4.90 Å². The van der Waals surface area contributed by atoms with Gasteiger partial charge in [-0.3, -0.25) is 0 Å². The fraction of sp³-hybridized carbons (Fsp3) is 0.323. The number of hydrogen-bond acceptors (Lipinski definition) is 3. The predicted molar refractivity (Wildman–Crippen MR) is 138 cm³/mol. The van der Waals surface area contributed by atoms with E-state index in [0.717, 1.165) is 18.4 Å². The van der Waals surface area contributed by atoms with Gasteiger partial charge in [0.2, 0.25) is 0 Å². The van der Waals surface area contributed by atoms with E-state index in [2.05, 4.69) is 72.8 Å². The Morgan fingerprint density at radius 2 is 1.46 bits per heavy atom. The summed E-state index contributed by atoms with van der Waals surface area (Å²) in [5.74, 6) is 0.0637. The minimum Gasteiger partial charge on any atom is -0.448 e. The van der Waals surface area contributed by atoms with Crippen LogP contribution >= 0.6 is 0 Å². The van der Waals surface area contributed by atoms with Crippen molar-refractivity contribution in [3.05, 3.63) is 102 Å². The molecule has 3 aromatic carbocycles. The van der Waals surface area contributed by atoms with Gasteiger partial charge in [-0.1, -0.05) is 91.0 Å². The lowest BCUT2D eigenvalue weighted by atomic mass is 9.83. The van der Waals surface area contributed by atoms with E-state index in [9.17, 15) is 9.90 Å². The molecule has 6 rings (SSSR count). The van der Waals surface area contributed by atoms with Crippen LogP contribution in [0.25, 0.3) is 17.2 Å². The molecule has 2 heterocycles. The fourth-order valence-corrected chi connectivity index (χ4v) is 6.43. The predicted octanol–water partition coefficient (Wildman–Crippen LogP) is 6.40. The highest BCUT2D eigenvalue weighted by Crippen LogP contribution is 2.46. The molecule has 1 aliphatic carbocycles. The summed E-state index contributed by atoms with van der Waals surface area (Å²) < 4.78 is 5.96. The quantitative estimate of drug-likeness (QED) is 0.475. The van der Waals surface area contributed by atoms with Gasteiger partial charge in [0.1, 0.15) is 6.61 Å². The normalized spacial score (nSPS) is 25.0. The van der Waals surface area contributed by atoms with E-state index >= 15 is 0 Å². The number of fused-ring (bicyclic) bond motifs is 5. The van der Waals surface area contributed by atoms with E-state index in [-0.39, 0.29) is 24.1 Å². The van der Waals surface area contributed by atoms with Crippen molar-refractivity contribution in [3.63, 3.8) is 0 Å². The van der Waals surface area contributed by atoms with Crippen molar-refractivity contribution >= 4 is 12.2 Å². The lowest BCUT2D eigenvalue weighted by Gasteiger charge is -2.43. The number of carbonyl (C=O) groups is 1. The van der Waals surface area contributed by atoms with Crippen LogP contribution in [-0.4, -0.2) is 40.4 Å². The highest BCUT2D eigenvalue weighted by Gasteiger charge is 2.49. The highest BCUT2D eigenvalue weighted by atomic mass is 16.6. The van der Waals surface area contributed by atoms with Crippen molar-refractivity contribution in [2.75, 3.05) is 6.61 Å². The summed E-state index contributed by atoms with van der Waals surface area (Å²) in [5.41, 5.74) is 5.28. The summed E-state index contributed by atoms with van der Waals surface area (Å²) in [4.78, 5) is 15.2. The van der Waals surface area contributed by atoms with Crippen molar-refractivity contribution in [1.29, 1.82) is 0 Å². The molecule has 2 saturated heterocycles. The lowest BCUT2D eigenvalue weighted by molar-refractivity contribution is -0.0461. The van der Waals surface area contributed by atoms with Gasteiger partial charge in [0.15, 0.2) is 0 Å². The second-order valence-electron chi connectivity index (χ2n) is 10.2. The van der Waals surface area contributed by atoms with Crippen LogP contribution < -0.4 is 0 Å². The Balaban J connectivity index is 1.11. The third kappa shape index (κ3) is 4.17. The zero-order chi connectivity index (χ0) is 23.8. The van der Waals surface area contributed by atoms with E-state index in [4.69, 9.17) is 4.74 Å². The summed E-state index contributed by atoms with van der Waals surface area (Å²) in [5, 5.41) is 11.3. The third-order valence-corrected chi connectivity index (χ3v) is 8.01. The first-order valence-electron chi connectivity index (χ1n) is 12.7. The molecule has 0 saturated carbocycles. The number of carbonyl (C=O) groups excluding carboxylic acids is 1. The summed E-state index contributed by atoms with van der Waals surface area (Å²) in [7, 11) is 0. The van der Waals surface area contributed by atoms with Gasteiger partial charge in [0.25, 0.3) is 0 Å². The monoisotopic (exact) mass is 465 g/mol. The molecule has 0 radical (unpaired) electrons. The van der Waals surface area contributed by atoms with Crippen LogP contribution in [0.5, 0.6) is 0 Å². The average molecular weight is 466 g/mol. The summed E-state index contributed by atoms with van der Waals surface area (Å²) in [6.45, 7) is 0.340. The molecular weight excluding hydrogens is 434 g/mol. The van der Waals surface area contributed by atoms with Crippen molar-refractivity contribution in [2.24, 2.45) is 0 Å². The van der Waals surface area contributed by atoms with Crippen LogP contribution in [0.15, 0.2) is 84.9 Å². The largest absolute Gasteiger partial charge is 0.448 e. The third-order valence-electron chi connectivity index (χ3n) is 8.01. The Labute approximate surface area is 206 Å². The van der Waals surface area contributed by atoms with Crippen molar-refractivity contribution < 1.29 is 14.6 Å². The molecule has 0 spiro atoms. The number of rotatable bonds is 5. The molecule has 1 N–H and O–H groups in total. The lowest BCUT2D eigenvalue weighted by Crippen LogP contribution is -2.53. The maximum absolute atomic E-state index is 13.3. The number of piperidine rings is 1. The molecule has 0 aromatic heterocycles. The van der Waals surface area contributed by atoms with Crippen molar-refractivity contribution in [2.45, 2.75) is 55.7 Å².